The Bertz CT molecular complexity index is 1500. The molecule has 172 valence electrons. The summed E-state index contributed by atoms with van der Waals surface area (Å²) in [6, 6.07) is 14.6. The van der Waals surface area contributed by atoms with Gasteiger partial charge < -0.3 is 19.0 Å². The van der Waals surface area contributed by atoms with Crippen LogP contribution in [0.25, 0.3) is 21.9 Å². The van der Waals surface area contributed by atoms with Gasteiger partial charge in [0.05, 0.1) is 47.8 Å². The predicted molar refractivity (Wildman–Crippen MR) is 132 cm³/mol. The molecule has 0 saturated heterocycles. The van der Waals surface area contributed by atoms with E-state index >= 15 is 0 Å². The Hall–Kier alpha value is -3.68. The lowest BCUT2D eigenvalue weighted by Crippen LogP contribution is -2.25. The number of pyridine rings is 1. The highest BCUT2D eigenvalue weighted by atomic mass is 35.5. The fourth-order valence-electron chi connectivity index (χ4n) is 4.05. The lowest BCUT2D eigenvalue weighted by Gasteiger charge is -2.18. The number of imidazole rings is 1. The third-order valence-corrected chi connectivity index (χ3v) is 5.71. The van der Waals surface area contributed by atoms with Crippen LogP contribution >= 0.6 is 11.6 Å². The summed E-state index contributed by atoms with van der Waals surface area (Å²) >= 11 is 6.06. The first kappa shape index (κ1) is 22.1. The molecule has 7 nitrogen and oxygen atoms in total. The molecule has 8 heteroatoms. The van der Waals surface area contributed by atoms with E-state index in [1.807, 2.05) is 39.5 Å². The van der Waals surface area contributed by atoms with Gasteiger partial charge in [-0.2, -0.15) is 0 Å². The molecule has 3 heterocycles. The second-order valence-corrected chi connectivity index (χ2v) is 9.32. The van der Waals surface area contributed by atoms with Gasteiger partial charge in [0.1, 0.15) is 11.5 Å². The number of halogens is 1. The average Bonchev–Trinajstić information content (AvgIpc) is 3.34. The first-order valence-electron chi connectivity index (χ1n) is 10.8. The molecule has 0 aliphatic carbocycles. The van der Waals surface area contributed by atoms with Gasteiger partial charge in [-0.3, -0.25) is 9.78 Å². The van der Waals surface area contributed by atoms with Crippen molar-refractivity contribution in [2.75, 3.05) is 0 Å². The summed E-state index contributed by atoms with van der Waals surface area (Å²) in [7, 11) is 0. The van der Waals surface area contributed by atoms with Gasteiger partial charge in [0.2, 0.25) is 0 Å². The maximum Gasteiger partial charge on any atom is 0.184 e. The molecule has 0 aliphatic heterocycles. The Morgan fingerprint density at radius 2 is 1.94 bits per heavy atom. The standard InChI is InChI=1S/C26H23ClN4O3/c1-26(2,33)15-30-13-21(25(32)14-31-16-29-22-10-17(27)5-8-23(22)31)20-7-6-18(11-24(20)30)34-19-4-3-9-28-12-19/h3-13,16,33H,14-15H2,1-2H3. The van der Waals surface area contributed by atoms with Gasteiger partial charge in [-0.15, -0.1) is 0 Å². The van der Waals surface area contributed by atoms with Crippen molar-refractivity contribution in [2.45, 2.75) is 32.5 Å². The number of benzene rings is 2. The quantitative estimate of drug-likeness (QED) is 0.315. The van der Waals surface area contributed by atoms with E-state index in [0.29, 0.717) is 28.6 Å². The highest BCUT2D eigenvalue weighted by Crippen LogP contribution is 2.30. The van der Waals surface area contributed by atoms with Gasteiger partial charge in [-0.25, -0.2) is 4.98 Å². The highest BCUT2D eigenvalue weighted by molar-refractivity contribution is 6.31. The van der Waals surface area contributed by atoms with Crippen LogP contribution < -0.4 is 4.74 Å². The highest BCUT2D eigenvalue weighted by Gasteiger charge is 2.21. The Labute approximate surface area is 201 Å². The van der Waals surface area contributed by atoms with Gasteiger partial charge >= 0.3 is 0 Å². The van der Waals surface area contributed by atoms with Crippen LogP contribution in [0.1, 0.15) is 24.2 Å². The van der Waals surface area contributed by atoms with E-state index in [9.17, 15) is 9.90 Å². The van der Waals surface area contributed by atoms with Crippen molar-refractivity contribution in [1.82, 2.24) is 19.1 Å². The first-order valence-corrected chi connectivity index (χ1v) is 11.2. The number of ketones is 1. The van der Waals surface area contributed by atoms with Gasteiger partial charge in [0, 0.05) is 34.4 Å². The predicted octanol–water partition coefficient (Wildman–Crippen LogP) is 5.49. The van der Waals surface area contributed by atoms with E-state index in [1.54, 1.807) is 57.0 Å². The van der Waals surface area contributed by atoms with Crippen molar-refractivity contribution in [3.05, 3.63) is 84.0 Å². The number of hydrogen-bond donors (Lipinski definition) is 1. The molecule has 5 rings (SSSR count). The molecule has 2 aromatic carbocycles. The van der Waals surface area contributed by atoms with Crippen molar-refractivity contribution in [1.29, 1.82) is 0 Å². The SMILES string of the molecule is CC(C)(O)Cn1cc(C(=O)Cn2cnc3cc(Cl)ccc32)c2ccc(Oc3cccnc3)cc21. The lowest BCUT2D eigenvalue weighted by molar-refractivity contribution is 0.0627. The normalized spacial score (nSPS) is 11.9. The van der Waals surface area contributed by atoms with Crippen LogP contribution in [0, 0.1) is 0 Å². The molecule has 0 bridgehead atoms. The van der Waals surface area contributed by atoms with Crippen LogP contribution in [0.15, 0.2) is 73.4 Å². The van der Waals surface area contributed by atoms with Gasteiger partial charge in [0.15, 0.2) is 5.78 Å². The number of fused-ring (bicyclic) bond motifs is 2. The van der Waals surface area contributed by atoms with Crippen molar-refractivity contribution in [3.63, 3.8) is 0 Å². The number of ether oxygens (including phenoxy) is 1. The zero-order chi connectivity index (χ0) is 23.9. The molecule has 0 saturated carbocycles. The van der Waals surface area contributed by atoms with Crippen LogP contribution in [0.2, 0.25) is 5.02 Å². The topological polar surface area (TPSA) is 82.2 Å². The molecule has 0 fully saturated rings. The number of aliphatic hydroxyl groups is 1. The minimum Gasteiger partial charge on any atom is -0.456 e. The largest absolute Gasteiger partial charge is 0.456 e. The van der Waals surface area contributed by atoms with E-state index in [1.165, 1.54) is 0 Å². The van der Waals surface area contributed by atoms with Gasteiger partial charge in [-0.05, 0) is 56.3 Å². The zero-order valence-electron chi connectivity index (χ0n) is 18.8. The number of aromatic nitrogens is 4. The number of carbonyl (C=O) groups excluding carboxylic acids is 1. The van der Waals surface area contributed by atoms with Gasteiger partial charge in [-0.1, -0.05) is 11.6 Å². The summed E-state index contributed by atoms with van der Waals surface area (Å²) in [6.07, 6.45) is 6.77. The minimum atomic E-state index is -0.966. The maximum atomic E-state index is 13.4. The van der Waals surface area contributed by atoms with Crippen molar-refractivity contribution >= 4 is 39.3 Å². The Morgan fingerprint density at radius 1 is 1.09 bits per heavy atom. The summed E-state index contributed by atoms with van der Waals surface area (Å²) in [5.74, 6) is 1.17. The van der Waals surface area contributed by atoms with E-state index in [-0.39, 0.29) is 12.3 Å². The Balaban J connectivity index is 1.52. The molecule has 0 amide bonds. The summed E-state index contributed by atoms with van der Waals surface area (Å²) in [4.78, 5) is 21.8. The van der Waals surface area contributed by atoms with Crippen LogP contribution in [-0.2, 0) is 13.1 Å². The van der Waals surface area contributed by atoms with E-state index < -0.39 is 5.60 Å². The smallest absolute Gasteiger partial charge is 0.184 e. The second kappa shape index (κ2) is 8.59. The minimum absolute atomic E-state index is 0.0605. The van der Waals surface area contributed by atoms with Crippen LogP contribution in [0.4, 0.5) is 0 Å². The van der Waals surface area contributed by atoms with E-state index in [2.05, 4.69) is 9.97 Å². The fourth-order valence-corrected chi connectivity index (χ4v) is 4.22. The molecule has 5 aromatic rings. The van der Waals surface area contributed by atoms with E-state index in [0.717, 1.165) is 21.9 Å². The number of rotatable bonds is 7. The summed E-state index contributed by atoms with van der Waals surface area (Å²) < 4.78 is 9.64. The van der Waals surface area contributed by atoms with Crippen LogP contribution in [0.3, 0.4) is 0 Å². The second-order valence-electron chi connectivity index (χ2n) is 8.88. The molecule has 0 spiro atoms. The fraction of sp³-hybridized carbons (Fsp3) is 0.192. The molecular formula is C26H23ClN4O3. The third-order valence-electron chi connectivity index (χ3n) is 5.48. The zero-order valence-corrected chi connectivity index (χ0v) is 19.5. The number of hydrogen-bond acceptors (Lipinski definition) is 5. The molecule has 0 radical (unpaired) electrons. The van der Waals surface area contributed by atoms with Crippen molar-refractivity contribution in [2.24, 2.45) is 0 Å². The van der Waals surface area contributed by atoms with Crippen molar-refractivity contribution < 1.29 is 14.6 Å². The monoisotopic (exact) mass is 474 g/mol. The number of Topliss-reactive ketones (excluding diaryl/α,β-unsaturated/α-hetero) is 1. The molecule has 0 atom stereocenters. The summed E-state index contributed by atoms with van der Waals surface area (Å²) in [5, 5.41) is 11.9. The third kappa shape index (κ3) is 4.53. The molecule has 0 aliphatic rings. The molecule has 0 unspecified atom stereocenters. The van der Waals surface area contributed by atoms with Gasteiger partial charge in [0.25, 0.3) is 0 Å². The summed E-state index contributed by atoms with van der Waals surface area (Å²) in [6.45, 7) is 3.92. The van der Waals surface area contributed by atoms with Crippen LogP contribution in [-0.4, -0.2) is 35.6 Å². The molecule has 1 N–H and O–H groups in total. The Morgan fingerprint density at radius 3 is 2.71 bits per heavy atom. The first-order chi connectivity index (χ1) is 16.3. The average molecular weight is 475 g/mol. The van der Waals surface area contributed by atoms with E-state index in [4.69, 9.17) is 16.3 Å². The summed E-state index contributed by atoms with van der Waals surface area (Å²) in [5.41, 5.74) is 1.98. The number of carbonyl (C=O) groups is 1. The van der Waals surface area contributed by atoms with Crippen LogP contribution in [0.5, 0.6) is 11.5 Å². The molecule has 34 heavy (non-hydrogen) atoms. The molecule has 3 aromatic heterocycles. The Kier molecular flexibility index (Phi) is 5.59. The lowest BCUT2D eigenvalue weighted by atomic mass is 10.1. The maximum absolute atomic E-state index is 13.4. The van der Waals surface area contributed by atoms with Crippen molar-refractivity contribution in [3.8, 4) is 11.5 Å². The molecular weight excluding hydrogens is 452 g/mol. The number of nitrogens with zero attached hydrogens (tertiary/aromatic N) is 4.